The molecule has 4 saturated carbocycles. The Labute approximate surface area is 188 Å². The molecule has 1 aromatic carbocycles. The zero-order valence-corrected chi connectivity index (χ0v) is 19.7. The Balaban J connectivity index is 1.28. The second-order valence-corrected chi connectivity index (χ2v) is 12.0. The molecule has 4 aliphatic rings. The molecule has 1 aromatic rings. The van der Waals surface area contributed by atoms with Gasteiger partial charge in [0.15, 0.2) is 0 Å². The third-order valence-corrected chi connectivity index (χ3v) is 10.3. The maximum absolute atomic E-state index is 12.9. The van der Waals surface area contributed by atoms with Crippen LogP contribution in [0.3, 0.4) is 0 Å². The van der Waals surface area contributed by atoms with Crippen LogP contribution in [0.2, 0.25) is 0 Å². The summed E-state index contributed by atoms with van der Waals surface area (Å²) in [6.45, 7) is 5.51. The van der Waals surface area contributed by atoms with Gasteiger partial charge in [0, 0.05) is 19.2 Å². The summed E-state index contributed by atoms with van der Waals surface area (Å²) in [5, 5.41) is 10.6. The van der Waals surface area contributed by atoms with Gasteiger partial charge in [0.1, 0.15) is 0 Å². The lowest BCUT2D eigenvalue weighted by Crippen LogP contribution is -2.51. The van der Waals surface area contributed by atoms with Crippen molar-refractivity contribution in [2.45, 2.75) is 77.2 Å². The second kappa shape index (κ2) is 7.90. The first-order chi connectivity index (χ1) is 14.8. The predicted octanol–water partition coefficient (Wildman–Crippen LogP) is 5.78. The topological polar surface area (TPSA) is 40.5 Å². The molecular weight excluding hydrogens is 382 g/mol. The molecule has 4 fully saturated rings. The molecule has 1 N–H and O–H groups in total. The van der Waals surface area contributed by atoms with Crippen molar-refractivity contribution in [3.63, 3.8) is 0 Å². The van der Waals surface area contributed by atoms with Crippen LogP contribution in [0.5, 0.6) is 0 Å². The molecule has 0 aromatic heterocycles. The lowest BCUT2D eigenvalue weighted by atomic mass is 9.49. The molecule has 1 amide bonds. The molecule has 0 heterocycles. The van der Waals surface area contributed by atoms with Gasteiger partial charge in [-0.2, -0.15) is 0 Å². The Bertz CT molecular complexity index is 804. The molecule has 0 unspecified atom stereocenters. The van der Waals surface area contributed by atoms with Crippen LogP contribution in [0.4, 0.5) is 0 Å². The van der Waals surface area contributed by atoms with Gasteiger partial charge in [-0.25, -0.2) is 0 Å². The van der Waals surface area contributed by atoms with E-state index in [-0.39, 0.29) is 5.91 Å². The maximum atomic E-state index is 12.9. The monoisotopic (exact) mass is 423 g/mol. The zero-order valence-electron chi connectivity index (χ0n) is 19.7. The summed E-state index contributed by atoms with van der Waals surface area (Å²) in [6, 6.07) is 9.75. The van der Waals surface area contributed by atoms with Crippen LogP contribution in [0.15, 0.2) is 30.3 Å². The number of hydrogen-bond donors (Lipinski definition) is 1. The zero-order chi connectivity index (χ0) is 21.8. The van der Waals surface area contributed by atoms with Gasteiger partial charge in [0.2, 0.25) is 0 Å². The van der Waals surface area contributed by atoms with Crippen LogP contribution in [-0.4, -0.2) is 35.1 Å². The van der Waals surface area contributed by atoms with Gasteiger partial charge in [-0.3, -0.25) is 4.79 Å². The Morgan fingerprint density at radius 2 is 1.71 bits per heavy atom. The molecule has 3 heteroatoms. The minimum absolute atomic E-state index is 0.163. The molecule has 31 heavy (non-hydrogen) atoms. The molecule has 0 spiro atoms. The summed E-state index contributed by atoms with van der Waals surface area (Å²) in [6.07, 6.45) is 11.3. The Morgan fingerprint density at radius 3 is 2.48 bits per heavy atom. The summed E-state index contributed by atoms with van der Waals surface area (Å²) < 4.78 is 0. The Morgan fingerprint density at radius 1 is 0.968 bits per heavy atom. The van der Waals surface area contributed by atoms with Gasteiger partial charge >= 0.3 is 0 Å². The van der Waals surface area contributed by atoms with E-state index in [0.717, 1.165) is 54.5 Å². The molecule has 0 aliphatic heterocycles. The fraction of sp³-hybridized carbons (Fsp3) is 0.750. The third kappa shape index (κ3) is 3.75. The Kier molecular flexibility index (Phi) is 5.48. The first-order valence-corrected chi connectivity index (χ1v) is 12.8. The summed E-state index contributed by atoms with van der Waals surface area (Å²) in [7, 11) is 2.00. The number of benzene rings is 1. The van der Waals surface area contributed by atoms with E-state index >= 15 is 0 Å². The molecule has 5 rings (SSSR count). The van der Waals surface area contributed by atoms with E-state index in [0.29, 0.717) is 11.3 Å². The van der Waals surface area contributed by atoms with Crippen molar-refractivity contribution in [1.82, 2.24) is 4.90 Å². The maximum Gasteiger partial charge on any atom is 0.253 e. The lowest BCUT2D eigenvalue weighted by Gasteiger charge is -2.57. The van der Waals surface area contributed by atoms with Gasteiger partial charge in [-0.1, -0.05) is 25.1 Å². The van der Waals surface area contributed by atoms with Crippen LogP contribution in [0.1, 0.15) is 82.0 Å². The summed E-state index contributed by atoms with van der Waals surface area (Å²) >= 11 is 0. The van der Waals surface area contributed by atoms with Gasteiger partial charge in [-0.05, 0) is 118 Å². The molecule has 8 atom stereocenters. The van der Waals surface area contributed by atoms with Crippen molar-refractivity contribution in [2.24, 2.45) is 40.9 Å². The fourth-order valence-corrected chi connectivity index (χ4v) is 8.70. The van der Waals surface area contributed by atoms with Crippen molar-refractivity contribution in [1.29, 1.82) is 0 Å². The molecule has 0 bridgehead atoms. The van der Waals surface area contributed by atoms with E-state index < -0.39 is 5.60 Å². The van der Waals surface area contributed by atoms with E-state index in [1.165, 1.54) is 44.9 Å². The van der Waals surface area contributed by atoms with Crippen molar-refractivity contribution < 1.29 is 9.90 Å². The largest absolute Gasteiger partial charge is 0.390 e. The van der Waals surface area contributed by atoms with E-state index in [9.17, 15) is 9.90 Å². The highest BCUT2D eigenvalue weighted by molar-refractivity contribution is 5.94. The van der Waals surface area contributed by atoms with Gasteiger partial charge in [-0.15, -0.1) is 0 Å². The molecule has 3 nitrogen and oxygen atoms in total. The number of rotatable bonds is 3. The number of hydrogen-bond acceptors (Lipinski definition) is 2. The van der Waals surface area contributed by atoms with Crippen LogP contribution < -0.4 is 0 Å². The quantitative estimate of drug-likeness (QED) is 0.669. The minimum atomic E-state index is -0.425. The number of fused-ring (bicyclic) bond motifs is 5. The molecule has 0 radical (unpaired) electrons. The summed E-state index contributed by atoms with van der Waals surface area (Å²) in [4.78, 5) is 14.9. The first-order valence-electron chi connectivity index (χ1n) is 12.8. The highest BCUT2D eigenvalue weighted by atomic mass is 16.3. The molecule has 0 saturated heterocycles. The van der Waals surface area contributed by atoms with Gasteiger partial charge < -0.3 is 10.0 Å². The third-order valence-electron chi connectivity index (χ3n) is 10.3. The number of carbonyl (C=O) groups excluding carboxylic acids is 1. The average Bonchev–Trinajstić information content (AvgIpc) is 3.09. The van der Waals surface area contributed by atoms with E-state index in [1.54, 1.807) is 0 Å². The molecule has 170 valence electrons. The van der Waals surface area contributed by atoms with Crippen molar-refractivity contribution in [2.75, 3.05) is 13.6 Å². The Hall–Kier alpha value is -1.35. The van der Waals surface area contributed by atoms with Crippen LogP contribution in [0, 0.1) is 40.9 Å². The average molecular weight is 424 g/mol. The van der Waals surface area contributed by atoms with Crippen LogP contribution >= 0.6 is 0 Å². The van der Waals surface area contributed by atoms with E-state index in [4.69, 9.17) is 0 Å². The lowest BCUT2D eigenvalue weighted by molar-refractivity contribution is -0.100. The summed E-state index contributed by atoms with van der Waals surface area (Å²) in [5.74, 6) is 4.99. The second-order valence-electron chi connectivity index (χ2n) is 12.0. The van der Waals surface area contributed by atoms with Crippen molar-refractivity contribution >= 4 is 5.91 Å². The molecular formula is C28H41NO2. The van der Waals surface area contributed by atoms with E-state index in [1.807, 2.05) is 42.3 Å². The first kappa shape index (κ1) is 21.5. The van der Waals surface area contributed by atoms with Gasteiger partial charge in [0.05, 0.1) is 5.60 Å². The highest BCUT2D eigenvalue weighted by Crippen LogP contribution is 2.64. The van der Waals surface area contributed by atoms with Crippen molar-refractivity contribution in [3.8, 4) is 0 Å². The smallest absolute Gasteiger partial charge is 0.253 e. The van der Waals surface area contributed by atoms with Gasteiger partial charge in [0.25, 0.3) is 5.91 Å². The predicted molar refractivity (Wildman–Crippen MR) is 125 cm³/mol. The van der Waals surface area contributed by atoms with Crippen LogP contribution in [-0.2, 0) is 0 Å². The summed E-state index contributed by atoms with van der Waals surface area (Å²) in [5.41, 5.74) is 0.769. The highest BCUT2D eigenvalue weighted by Gasteiger charge is 2.57. The van der Waals surface area contributed by atoms with Crippen molar-refractivity contribution in [3.05, 3.63) is 35.9 Å². The SMILES string of the molecule is CN(C[C@H]1CC[C@H]2[C@@H]3CC[C@@H]4C[C@](C)(O)CC[C@@H]4[C@H]3CC[C@]12C)C(=O)c1ccccc1. The fourth-order valence-electron chi connectivity index (χ4n) is 8.70. The standard InChI is InChI=1S/C28H41NO2/c1-27(31)15-13-22-20(17-27)9-11-24-23(22)14-16-28(2)21(10-12-25(24)28)18-29(3)26(30)19-7-5-4-6-8-19/h4-8,20-25,31H,9-18H2,1-3H3/t20-,21-,22+,23-,24-,25+,27-,28-/m1/s1. The van der Waals surface area contributed by atoms with Crippen LogP contribution in [0.25, 0.3) is 0 Å². The minimum Gasteiger partial charge on any atom is -0.390 e. The number of amides is 1. The van der Waals surface area contributed by atoms with E-state index in [2.05, 4.69) is 13.8 Å². The number of carbonyl (C=O) groups is 1. The normalized spacial score (nSPS) is 44.1. The number of aliphatic hydroxyl groups is 1. The molecule has 4 aliphatic carbocycles. The number of nitrogens with zero attached hydrogens (tertiary/aromatic N) is 1.